The number of nitrogens with one attached hydrogen (secondary N) is 1. The molecule has 0 saturated carbocycles. The van der Waals surface area contributed by atoms with Gasteiger partial charge in [-0.15, -0.1) is 0 Å². The number of hydrogen-bond donors (Lipinski definition) is 1. The number of nitrogens with zero attached hydrogens (tertiary/aromatic N) is 1. The molecule has 1 atom stereocenters. The number of carbonyl (C=O) groups is 2. The second-order valence-corrected chi connectivity index (χ2v) is 6.45. The summed E-state index contributed by atoms with van der Waals surface area (Å²) < 4.78 is 4.85. The molecule has 0 radical (unpaired) electrons. The second kappa shape index (κ2) is 7.59. The number of para-hydroxylation sites is 1. The van der Waals surface area contributed by atoms with Gasteiger partial charge < -0.3 is 9.64 Å². The summed E-state index contributed by atoms with van der Waals surface area (Å²) >= 11 is 1.51. The predicted molar refractivity (Wildman–Crippen MR) is 94.2 cm³/mol. The standard InChI is InChI=1S/C18H20N2O3S/c1-23-18(22)17(14-8-10-24-12-14)19-11-16(21)20-9-4-6-13-5-2-3-7-15(13)20/h2-3,5,7-8,10,12,17,19H,4,6,9,11H2,1H3/t17-/m1/s1. The summed E-state index contributed by atoms with van der Waals surface area (Å²) in [6.07, 6.45) is 1.95. The smallest absolute Gasteiger partial charge is 0.327 e. The van der Waals surface area contributed by atoms with E-state index in [0.29, 0.717) is 6.54 Å². The highest BCUT2D eigenvalue weighted by Gasteiger charge is 2.26. The zero-order chi connectivity index (χ0) is 16.9. The van der Waals surface area contributed by atoms with Gasteiger partial charge in [-0.1, -0.05) is 18.2 Å². The number of carbonyl (C=O) groups excluding carboxylic acids is 2. The van der Waals surface area contributed by atoms with Gasteiger partial charge in [-0.05, 0) is 46.9 Å². The molecule has 24 heavy (non-hydrogen) atoms. The van der Waals surface area contributed by atoms with E-state index >= 15 is 0 Å². The Morgan fingerprint density at radius 3 is 2.92 bits per heavy atom. The Labute approximate surface area is 145 Å². The summed E-state index contributed by atoms with van der Waals surface area (Å²) in [6, 6.07) is 9.22. The molecule has 1 aliphatic heterocycles. The van der Waals surface area contributed by atoms with Gasteiger partial charge in [0.25, 0.3) is 0 Å². The number of amides is 1. The number of thiophene rings is 1. The number of anilines is 1. The third-order valence-corrected chi connectivity index (χ3v) is 4.88. The van der Waals surface area contributed by atoms with Crippen molar-refractivity contribution < 1.29 is 14.3 Å². The van der Waals surface area contributed by atoms with Crippen molar-refractivity contribution in [2.45, 2.75) is 18.9 Å². The van der Waals surface area contributed by atoms with Crippen LogP contribution in [-0.2, 0) is 20.7 Å². The topological polar surface area (TPSA) is 58.6 Å². The predicted octanol–water partition coefficient (Wildman–Crippen LogP) is 2.53. The van der Waals surface area contributed by atoms with Crippen LogP contribution in [-0.4, -0.2) is 32.1 Å². The summed E-state index contributed by atoms with van der Waals surface area (Å²) in [7, 11) is 1.35. The van der Waals surface area contributed by atoms with Gasteiger partial charge in [0.05, 0.1) is 13.7 Å². The Kier molecular flexibility index (Phi) is 5.27. The fourth-order valence-electron chi connectivity index (χ4n) is 2.97. The van der Waals surface area contributed by atoms with E-state index in [-0.39, 0.29) is 18.4 Å². The van der Waals surface area contributed by atoms with E-state index in [1.54, 1.807) is 4.90 Å². The van der Waals surface area contributed by atoms with Crippen LogP contribution >= 0.6 is 11.3 Å². The average molecular weight is 344 g/mol. The minimum atomic E-state index is -0.620. The Hall–Kier alpha value is -2.18. The number of methoxy groups -OCH3 is 1. The summed E-state index contributed by atoms with van der Waals surface area (Å²) in [5.74, 6) is -0.425. The molecule has 0 fully saturated rings. The maximum absolute atomic E-state index is 12.7. The molecule has 2 heterocycles. The van der Waals surface area contributed by atoms with Gasteiger partial charge in [0.1, 0.15) is 6.04 Å². The van der Waals surface area contributed by atoms with Crippen LogP contribution in [0.15, 0.2) is 41.1 Å². The molecule has 1 aromatic heterocycles. The molecule has 1 N–H and O–H groups in total. The van der Waals surface area contributed by atoms with Gasteiger partial charge >= 0.3 is 5.97 Å². The van der Waals surface area contributed by atoms with Gasteiger partial charge in [-0.3, -0.25) is 10.1 Å². The molecule has 1 amide bonds. The highest BCUT2D eigenvalue weighted by Crippen LogP contribution is 2.26. The van der Waals surface area contributed by atoms with Gasteiger partial charge in [0.2, 0.25) is 5.91 Å². The molecule has 6 heteroatoms. The highest BCUT2D eigenvalue weighted by atomic mass is 32.1. The molecule has 0 unspecified atom stereocenters. The van der Waals surface area contributed by atoms with E-state index in [1.807, 2.05) is 35.0 Å². The molecule has 0 spiro atoms. The van der Waals surface area contributed by atoms with Crippen LogP contribution in [0, 0.1) is 0 Å². The lowest BCUT2D eigenvalue weighted by Crippen LogP contribution is -2.43. The average Bonchev–Trinajstić information content (AvgIpc) is 3.15. The largest absolute Gasteiger partial charge is 0.468 e. The quantitative estimate of drug-likeness (QED) is 0.847. The fourth-order valence-corrected chi connectivity index (χ4v) is 3.66. The third kappa shape index (κ3) is 3.49. The van der Waals surface area contributed by atoms with Crippen molar-refractivity contribution in [3.8, 4) is 0 Å². The zero-order valence-electron chi connectivity index (χ0n) is 13.5. The number of benzene rings is 1. The first-order valence-electron chi connectivity index (χ1n) is 7.92. The first kappa shape index (κ1) is 16.7. The van der Waals surface area contributed by atoms with E-state index in [0.717, 1.165) is 24.1 Å². The Morgan fingerprint density at radius 2 is 2.17 bits per heavy atom. The number of fused-ring (bicyclic) bond motifs is 1. The molecule has 3 rings (SSSR count). The molecule has 1 aliphatic rings. The summed E-state index contributed by atoms with van der Waals surface area (Å²) in [5.41, 5.74) is 2.99. The van der Waals surface area contributed by atoms with Crippen molar-refractivity contribution in [3.05, 3.63) is 52.2 Å². The van der Waals surface area contributed by atoms with Gasteiger partial charge in [0.15, 0.2) is 0 Å². The fraction of sp³-hybridized carbons (Fsp3) is 0.333. The van der Waals surface area contributed by atoms with E-state index < -0.39 is 6.04 Å². The molecular formula is C18H20N2O3S. The minimum absolute atomic E-state index is 0.0358. The Bertz CT molecular complexity index is 715. The van der Waals surface area contributed by atoms with Crippen LogP contribution in [0.3, 0.4) is 0 Å². The van der Waals surface area contributed by atoms with Gasteiger partial charge in [-0.2, -0.15) is 11.3 Å². The number of rotatable bonds is 5. The number of aryl methyl sites for hydroxylation is 1. The molecule has 0 saturated heterocycles. The van der Waals surface area contributed by atoms with Gasteiger partial charge in [0, 0.05) is 12.2 Å². The number of esters is 1. The van der Waals surface area contributed by atoms with E-state index in [9.17, 15) is 9.59 Å². The van der Waals surface area contributed by atoms with E-state index in [2.05, 4.69) is 11.4 Å². The van der Waals surface area contributed by atoms with Crippen LogP contribution in [0.4, 0.5) is 5.69 Å². The lowest BCUT2D eigenvalue weighted by atomic mass is 10.0. The zero-order valence-corrected chi connectivity index (χ0v) is 14.3. The van der Waals surface area contributed by atoms with Crippen LogP contribution < -0.4 is 10.2 Å². The normalized spacial score (nSPS) is 14.8. The lowest BCUT2D eigenvalue weighted by Gasteiger charge is -2.30. The first-order chi connectivity index (χ1) is 11.7. The van der Waals surface area contributed by atoms with Crippen molar-refractivity contribution in [2.24, 2.45) is 0 Å². The van der Waals surface area contributed by atoms with Crippen molar-refractivity contribution in [3.63, 3.8) is 0 Å². The molecule has 0 bridgehead atoms. The SMILES string of the molecule is COC(=O)[C@H](NCC(=O)N1CCCc2ccccc21)c1ccsc1. The van der Waals surface area contributed by atoms with E-state index in [4.69, 9.17) is 4.74 Å². The monoisotopic (exact) mass is 344 g/mol. The minimum Gasteiger partial charge on any atom is -0.468 e. The Morgan fingerprint density at radius 1 is 1.33 bits per heavy atom. The van der Waals surface area contributed by atoms with Crippen molar-refractivity contribution in [2.75, 3.05) is 25.1 Å². The first-order valence-corrected chi connectivity index (χ1v) is 8.86. The molecule has 2 aromatic rings. The van der Waals surface area contributed by atoms with Crippen LogP contribution in [0.25, 0.3) is 0 Å². The van der Waals surface area contributed by atoms with Crippen LogP contribution in [0.2, 0.25) is 0 Å². The van der Waals surface area contributed by atoms with Crippen molar-refractivity contribution in [1.82, 2.24) is 5.32 Å². The molecule has 126 valence electrons. The van der Waals surface area contributed by atoms with Crippen molar-refractivity contribution >= 4 is 28.9 Å². The number of hydrogen-bond acceptors (Lipinski definition) is 5. The van der Waals surface area contributed by atoms with Crippen LogP contribution in [0.1, 0.15) is 23.6 Å². The molecular weight excluding hydrogens is 324 g/mol. The summed E-state index contributed by atoms with van der Waals surface area (Å²) in [6.45, 7) is 0.794. The van der Waals surface area contributed by atoms with Crippen LogP contribution in [0.5, 0.6) is 0 Å². The molecule has 5 nitrogen and oxygen atoms in total. The van der Waals surface area contributed by atoms with Crippen molar-refractivity contribution in [1.29, 1.82) is 0 Å². The van der Waals surface area contributed by atoms with E-state index in [1.165, 1.54) is 24.0 Å². The second-order valence-electron chi connectivity index (χ2n) is 5.67. The third-order valence-electron chi connectivity index (χ3n) is 4.18. The summed E-state index contributed by atoms with van der Waals surface area (Å²) in [5, 5.41) is 6.82. The lowest BCUT2D eigenvalue weighted by molar-refractivity contribution is -0.143. The highest BCUT2D eigenvalue weighted by molar-refractivity contribution is 7.08. The Balaban J connectivity index is 1.70. The molecule has 1 aromatic carbocycles. The van der Waals surface area contributed by atoms with Gasteiger partial charge in [-0.25, -0.2) is 4.79 Å². The maximum atomic E-state index is 12.7. The maximum Gasteiger partial charge on any atom is 0.327 e. The molecule has 0 aliphatic carbocycles. The number of ether oxygens (including phenoxy) is 1. The summed E-state index contributed by atoms with van der Waals surface area (Å²) in [4.78, 5) is 26.5.